The zero-order chi connectivity index (χ0) is 10.1. The van der Waals surface area contributed by atoms with Gasteiger partial charge < -0.3 is 5.73 Å². The smallest absolute Gasteiger partial charge is 0.0297 e. The van der Waals surface area contributed by atoms with Gasteiger partial charge in [-0.05, 0) is 43.2 Å². The van der Waals surface area contributed by atoms with Crippen molar-refractivity contribution in [2.24, 2.45) is 5.73 Å². The molecular formula is C13H19N. The Balaban J connectivity index is 2.46. The summed E-state index contributed by atoms with van der Waals surface area (Å²) in [6, 6.07) is 6.99. The van der Waals surface area contributed by atoms with Gasteiger partial charge in [0.15, 0.2) is 0 Å². The third kappa shape index (κ3) is 1.57. The van der Waals surface area contributed by atoms with Crippen molar-refractivity contribution in [3.05, 3.63) is 34.9 Å². The van der Waals surface area contributed by atoms with Crippen LogP contribution in [0.25, 0.3) is 0 Å². The lowest BCUT2D eigenvalue weighted by molar-refractivity contribution is 0.481. The Labute approximate surface area is 86.3 Å². The summed E-state index contributed by atoms with van der Waals surface area (Å²) in [5.74, 6) is 0.740. The van der Waals surface area contributed by atoms with Gasteiger partial charge in [-0.1, -0.05) is 30.7 Å². The molecule has 76 valence electrons. The molecule has 0 amide bonds. The number of rotatable bonds is 1. The summed E-state index contributed by atoms with van der Waals surface area (Å²) >= 11 is 0. The molecule has 1 aliphatic rings. The fourth-order valence-electron chi connectivity index (χ4n) is 2.50. The van der Waals surface area contributed by atoms with Crippen LogP contribution in [0.2, 0.25) is 0 Å². The summed E-state index contributed by atoms with van der Waals surface area (Å²) in [5.41, 5.74) is 10.4. The highest BCUT2D eigenvalue weighted by molar-refractivity contribution is 5.38. The van der Waals surface area contributed by atoms with E-state index in [1.54, 1.807) is 0 Å². The van der Waals surface area contributed by atoms with E-state index in [9.17, 15) is 0 Å². The molecule has 0 heterocycles. The molecule has 0 aliphatic heterocycles. The van der Waals surface area contributed by atoms with Crippen LogP contribution in [0.3, 0.4) is 0 Å². The molecule has 0 fully saturated rings. The van der Waals surface area contributed by atoms with E-state index < -0.39 is 0 Å². The second-order valence-corrected chi connectivity index (χ2v) is 4.42. The quantitative estimate of drug-likeness (QED) is 0.720. The van der Waals surface area contributed by atoms with Gasteiger partial charge in [-0.2, -0.15) is 0 Å². The van der Waals surface area contributed by atoms with E-state index in [1.165, 1.54) is 29.5 Å². The zero-order valence-corrected chi connectivity index (χ0v) is 9.09. The van der Waals surface area contributed by atoms with Crippen LogP contribution in [0.15, 0.2) is 18.2 Å². The molecule has 1 aromatic carbocycles. The van der Waals surface area contributed by atoms with Gasteiger partial charge >= 0.3 is 0 Å². The van der Waals surface area contributed by atoms with Crippen molar-refractivity contribution in [1.82, 2.24) is 0 Å². The Bertz CT molecular complexity index is 330. The summed E-state index contributed by atoms with van der Waals surface area (Å²) in [7, 11) is 0. The Morgan fingerprint density at radius 3 is 2.79 bits per heavy atom. The van der Waals surface area contributed by atoms with E-state index in [0.29, 0.717) is 0 Å². The van der Waals surface area contributed by atoms with E-state index in [4.69, 9.17) is 5.73 Å². The summed E-state index contributed by atoms with van der Waals surface area (Å²) in [5, 5.41) is 0. The van der Waals surface area contributed by atoms with Crippen LogP contribution in [0, 0.1) is 6.92 Å². The topological polar surface area (TPSA) is 26.0 Å². The van der Waals surface area contributed by atoms with E-state index >= 15 is 0 Å². The van der Waals surface area contributed by atoms with Gasteiger partial charge in [0, 0.05) is 6.04 Å². The fraction of sp³-hybridized carbons (Fsp3) is 0.538. The first-order valence-corrected chi connectivity index (χ1v) is 5.58. The average Bonchev–Trinajstić information content (AvgIpc) is 2.18. The molecule has 0 saturated heterocycles. The molecule has 1 aromatic rings. The van der Waals surface area contributed by atoms with Crippen LogP contribution < -0.4 is 5.73 Å². The minimum absolute atomic E-state index is 0.272. The van der Waals surface area contributed by atoms with Crippen LogP contribution in [-0.2, 0) is 0 Å². The number of fused-ring (bicyclic) bond motifs is 1. The lowest BCUT2D eigenvalue weighted by atomic mass is 9.78. The van der Waals surface area contributed by atoms with E-state index in [-0.39, 0.29) is 6.04 Å². The predicted octanol–water partition coefficient (Wildman–Crippen LogP) is 3.28. The first kappa shape index (κ1) is 9.72. The SMILES string of the molecule is CCC1CCC(N)c2ccc(C)cc21. The molecule has 0 radical (unpaired) electrons. The van der Waals surface area contributed by atoms with Gasteiger partial charge in [0.05, 0.1) is 0 Å². The van der Waals surface area contributed by atoms with Gasteiger partial charge in [-0.15, -0.1) is 0 Å². The van der Waals surface area contributed by atoms with Gasteiger partial charge in [-0.3, -0.25) is 0 Å². The molecular weight excluding hydrogens is 170 g/mol. The van der Waals surface area contributed by atoms with Gasteiger partial charge in [0.1, 0.15) is 0 Å². The molecule has 1 nitrogen and oxygen atoms in total. The molecule has 0 aromatic heterocycles. The van der Waals surface area contributed by atoms with Crippen molar-refractivity contribution in [3.63, 3.8) is 0 Å². The van der Waals surface area contributed by atoms with Crippen LogP contribution in [0.1, 0.15) is 54.8 Å². The summed E-state index contributed by atoms with van der Waals surface area (Å²) < 4.78 is 0. The molecule has 0 spiro atoms. The average molecular weight is 189 g/mol. The first-order valence-electron chi connectivity index (χ1n) is 5.58. The number of aryl methyl sites for hydroxylation is 1. The van der Waals surface area contributed by atoms with Crippen molar-refractivity contribution in [2.75, 3.05) is 0 Å². The standard InChI is InChI=1S/C13H19N/c1-3-10-5-7-13(14)11-6-4-9(2)8-12(10)11/h4,6,8,10,13H,3,5,7,14H2,1-2H3. The molecule has 2 unspecified atom stereocenters. The Kier molecular flexibility index (Phi) is 2.60. The van der Waals surface area contributed by atoms with Gasteiger partial charge in [0.25, 0.3) is 0 Å². The van der Waals surface area contributed by atoms with Crippen molar-refractivity contribution in [3.8, 4) is 0 Å². The summed E-state index contributed by atoms with van der Waals surface area (Å²) in [6.07, 6.45) is 3.64. The summed E-state index contributed by atoms with van der Waals surface area (Å²) in [6.45, 7) is 4.43. The van der Waals surface area contributed by atoms with E-state index in [2.05, 4.69) is 32.0 Å². The lowest BCUT2D eigenvalue weighted by Gasteiger charge is -2.29. The first-order chi connectivity index (χ1) is 6.72. The second kappa shape index (κ2) is 3.74. The number of benzene rings is 1. The minimum Gasteiger partial charge on any atom is -0.324 e. The largest absolute Gasteiger partial charge is 0.324 e. The number of hydrogen-bond donors (Lipinski definition) is 1. The Morgan fingerprint density at radius 1 is 1.29 bits per heavy atom. The second-order valence-electron chi connectivity index (χ2n) is 4.42. The maximum Gasteiger partial charge on any atom is 0.0297 e. The normalized spacial score (nSPS) is 25.9. The Morgan fingerprint density at radius 2 is 2.07 bits per heavy atom. The van der Waals surface area contributed by atoms with Crippen LogP contribution in [-0.4, -0.2) is 0 Å². The van der Waals surface area contributed by atoms with Gasteiger partial charge in [-0.25, -0.2) is 0 Å². The van der Waals surface area contributed by atoms with E-state index in [1.807, 2.05) is 0 Å². The van der Waals surface area contributed by atoms with E-state index in [0.717, 1.165) is 12.3 Å². The predicted molar refractivity (Wildman–Crippen MR) is 60.4 cm³/mol. The number of hydrogen-bond acceptors (Lipinski definition) is 1. The van der Waals surface area contributed by atoms with Gasteiger partial charge in [0.2, 0.25) is 0 Å². The molecule has 2 atom stereocenters. The number of nitrogens with two attached hydrogens (primary N) is 1. The maximum absolute atomic E-state index is 6.11. The fourth-order valence-corrected chi connectivity index (χ4v) is 2.50. The molecule has 1 aliphatic carbocycles. The monoisotopic (exact) mass is 189 g/mol. The van der Waals surface area contributed by atoms with Crippen molar-refractivity contribution >= 4 is 0 Å². The van der Waals surface area contributed by atoms with Crippen LogP contribution in [0.4, 0.5) is 0 Å². The van der Waals surface area contributed by atoms with Crippen LogP contribution in [0.5, 0.6) is 0 Å². The maximum atomic E-state index is 6.11. The molecule has 0 bridgehead atoms. The zero-order valence-electron chi connectivity index (χ0n) is 9.09. The highest BCUT2D eigenvalue weighted by atomic mass is 14.6. The van der Waals surface area contributed by atoms with Crippen molar-refractivity contribution < 1.29 is 0 Å². The molecule has 1 heteroatoms. The molecule has 0 saturated carbocycles. The van der Waals surface area contributed by atoms with Crippen molar-refractivity contribution in [2.45, 2.75) is 45.1 Å². The Hall–Kier alpha value is -0.820. The van der Waals surface area contributed by atoms with Crippen molar-refractivity contribution in [1.29, 1.82) is 0 Å². The summed E-state index contributed by atoms with van der Waals surface area (Å²) in [4.78, 5) is 0. The highest BCUT2D eigenvalue weighted by Gasteiger charge is 2.23. The molecule has 2 rings (SSSR count). The lowest BCUT2D eigenvalue weighted by Crippen LogP contribution is -2.20. The molecule has 2 N–H and O–H groups in total. The van der Waals surface area contributed by atoms with Crippen LogP contribution >= 0.6 is 0 Å². The minimum atomic E-state index is 0.272. The highest BCUT2D eigenvalue weighted by Crippen LogP contribution is 2.38. The third-order valence-electron chi connectivity index (χ3n) is 3.40. The molecule has 14 heavy (non-hydrogen) atoms. The third-order valence-corrected chi connectivity index (χ3v) is 3.40.